The van der Waals surface area contributed by atoms with E-state index in [0.717, 1.165) is 27.7 Å². The van der Waals surface area contributed by atoms with Gasteiger partial charge in [0.25, 0.3) is 0 Å². The first-order valence-corrected chi connectivity index (χ1v) is 6.76. The van der Waals surface area contributed by atoms with Gasteiger partial charge in [0.15, 0.2) is 0 Å². The number of fused-ring (bicyclic) bond motifs is 1. The summed E-state index contributed by atoms with van der Waals surface area (Å²) in [5, 5.41) is 11.5. The lowest BCUT2D eigenvalue weighted by Crippen LogP contribution is -2.03. The molecule has 4 nitrogen and oxygen atoms in total. The number of nitrogens with one attached hydrogen (secondary N) is 3. The number of benzene rings is 1. The molecule has 0 spiro atoms. The molecule has 3 rings (SSSR count). The second kappa shape index (κ2) is 5.34. The highest BCUT2D eigenvalue weighted by Crippen LogP contribution is 2.40. The quantitative estimate of drug-likeness (QED) is 0.674. The van der Waals surface area contributed by atoms with Crippen LogP contribution in [0.15, 0.2) is 24.7 Å². The van der Waals surface area contributed by atoms with E-state index in [9.17, 15) is 4.39 Å². The van der Waals surface area contributed by atoms with Crippen LogP contribution in [0.3, 0.4) is 0 Å². The average Bonchev–Trinajstić information content (AvgIpc) is 3.09. The number of nitrogens with zero attached hydrogens (tertiary/aromatic N) is 1. The number of aromatic amines is 2. The van der Waals surface area contributed by atoms with Crippen LogP contribution in [0.25, 0.3) is 22.0 Å². The molecular formula is C13H11Cl2FN4. The van der Waals surface area contributed by atoms with E-state index in [1.165, 1.54) is 0 Å². The molecule has 104 valence electrons. The maximum Gasteiger partial charge on any atom is 0.107 e. The predicted octanol–water partition coefficient (Wildman–Crippen LogP) is 4.25. The van der Waals surface area contributed by atoms with Crippen LogP contribution in [0, 0.1) is 0 Å². The Morgan fingerprint density at radius 2 is 2.15 bits per heavy atom. The van der Waals surface area contributed by atoms with E-state index in [4.69, 9.17) is 23.2 Å². The molecule has 0 unspecified atom stereocenters. The van der Waals surface area contributed by atoms with Crippen molar-refractivity contribution in [2.45, 2.75) is 0 Å². The SMILES string of the molecule is FCCNc1cc(Cl)c(Cl)c2[nH]cc(-c3cn[nH]c3)c12. The zero-order valence-electron chi connectivity index (χ0n) is 10.3. The summed E-state index contributed by atoms with van der Waals surface area (Å²) in [7, 11) is 0. The molecule has 3 aromatic rings. The van der Waals surface area contributed by atoms with E-state index in [0.29, 0.717) is 10.0 Å². The molecule has 1 aromatic carbocycles. The summed E-state index contributed by atoms with van der Waals surface area (Å²) in [6.07, 6.45) is 5.33. The van der Waals surface area contributed by atoms with Gasteiger partial charge in [-0.2, -0.15) is 5.10 Å². The number of halogens is 3. The Morgan fingerprint density at radius 3 is 2.85 bits per heavy atom. The van der Waals surface area contributed by atoms with Gasteiger partial charge in [0.05, 0.1) is 21.8 Å². The summed E-state index contributed by atoms with van der Waals surface area (Å²) in [5.74, 6) is 0. The van der Waals surface area contributed by atoms with Gasteiger partial charge in [0, 0.05) is 41.1 Å². The number of H-pyrrole nitrogens is 2. The number of rotatable bonds is 4. The Morgan fingerprint density at radius 1 is 1.30 bits per heavy atom. The van der Waals surface area contributed by atoms with Gasteiger partial charge in [-0.25, -0.2) is 4.39 Å². The van der Waals surface area contributed by atoms with E-state index in [2.05, 4.69) is 20.5 Å². The molecule has 7 heteroatoms. The van der Waals surface area contributed by atoms with Crippen LogP contribution in [0.4, 0.5) is 10.1 Å². The number of hydrogen-bond donors (Lipinski definition) is 3. The molecule has 0 bridgehead atoms. The van der Waals surface area contributed by atoms with Crippen molar-refractivity contribution in [1.29, 1.82) is 0 Å². The summed E-state index contributed by atoms with van der Waals surface area (Å²) < 4.78 is 12.4. The second-order valence-corrected chi connectivity index (χ2v) is 5.06. The topological polar surface area (TPSA) is 56.5 Å². The van der Waals surface area contributed by atoms with Crippen molar-refractivity contribution in [3.05, 3.63) is 34.7 Å². The Kier molecular flexibility index (Phi) is 3.54. The molecule has 0 amide bonds. The molecule has 0 aliphatic heterocycles. The third-order valence-electron chi connectivity index (χ3n) is 3.07. The summed E-state index contributed by atoms with van der Waals surface area (Å²) in [4.78, 5) is 3.11. The molecule has 0 saturated heterocycles. The van der Waals surface area contributed by atoms with Crippen LogP contribution < -0.4 is 5.32 Å². The van der Waals surface area contributed by atoms with Crippen LogP contribution in [0.2, 0.25) is 10.0 Å². The zero-order chi connectivity index (χ0) is 14.1. The molecule has 0 atom stereocenters. The highest BCUT2D eigenvalue weighted by Gasteiger charge is 2.16. The molecule has 2 aromatic heterocycles. The zero-order valence-corrected chi connectivity index (χ0v) is 11.8. The van der Waals surface area contributed by atoms with Crippen molar-refractivity contribution in [2.24, 2.45) is 0 Å². The van der Waals surface area contributed by atoms with Gasteiger partial charge in [-0.05, 0) is 6.07 Å². The van der Waals surface area contributed by atoms with Gasteiger partial charge < -0.3 is 10.3 Å². The summed E-state index contributed by atoms with van der Waals surface area (Å²) in [5.41, 5.74) is 3.30. The Hall–Kier alpha value is -1.72. The van der Waals surface area contributed by atoms with Crippen LogP contribution in [0.5, 0.6) is 0 Å². The molecule has 0 saturated carbocycles. The van der Waals surface area contributed by atoms with E-state index < -0.39 is 6.67 Å². The fraction of sp³-hybridized carbons (Fsp3) is 0.154. The highest BCUT2D eigenvalue weighted by molar-refractivity contribution is 6.46. The lowest BCUT2D eigenvalue weighted by Gasteiger charge is -2.10. The van der Waals surface area contributed by atoms with Gasteiger partial charge in [-0.1, -0.05) is 23.2 Å². The smallest absolute Gasteiger partial charge is 0.107 e. The fourth-order valence-corrected chi connectivity index (χ4v) is 2.61. The van der Waals surface area contributed by atoms with Gasteiger partial charge in [-0.15, -0.1) is 0 Å². The van der Waals surface area contributed by atoms with Crippen molar-refractivity contribution in [3.8, 4) is 11.1 Å². The first kappa shape index (κ1) is 13.3. The van der Waals surface area contributed by atoms with Crippen LogP contribution in [-0.4, -0.2) is 28.4 Å². The van der Waals surface area contributed by atoms with Crippen LogP contribution >= 0.6 is 23.2 Å². The number of hydrogen-bond acceptors (Lipinski definition) is 2. The number of alkyl halides is 1. The molecule has 20 heavy (non-hydrogen) atoms. The Bertz CT molecular complexity index is 736. The highest BCUT2D eigenvalue weighted by atomic mass is 35.5. The average molecular weight is 313 g/mol. The predicted molar refractivity (Wildman–Crippen MR) is 80.4 cm³/mol. The van der Waals surface area contributed by atoms with Crippen molar-refractivity contribution in [2.75, 3.05) is 18.5 Å². The number of aromatic nitrogens is 3. The standard InChI is InChI=1S/C13H11Cl2FN4/c14-9-3-10(17-2-1-16)11-8(7-4-19-20-5-7)6-18-13(11)12(9)15/h3-6,17-18H,1-2H2,(H,19,20). The second-order valence-electron chi connectivity index (χ2n) is 4.28. The van der Waals surface area contributed by atoms with Gasteiger partial charge in [0.1, 0.15) is 6.67 Å². The molecular weight excluding hydrogens is 302 g/mol. The normalized spacial score (nSPS) is 11.2. The maximum absolute atomic E-state index is 12.4. The maximum atomic E-state index is 12.4. The monoisotopic (exact) mass is 312 g/mol. The van der Waals surface area contributed by atoms with E-state index in [1.807, 2.05) is 6.20 Å². The molecule has 2 heterocycles. The summed E-state index contributed by atoms with van der Waals surface area (Å²) >= 11 is 12.3. The van der Waals surface area contributed by atoms with Crippen LogP contribution in [-0.2, 0) is 0 Å². The van der Waals surface area contributed by atoms with E-state index >= 15 is 0 Å². The van der Waals surface area contributed by atoms with Crippen molar-refractivity contribution < 1.29 is 4.39 Å². The minimum absolute atomic E-state index is 0.211. The molecule has 0 aliphatic carbocycles. The Balaban J connectivity index is 2.25. The minimum Gasteiger partial charge on any atom is -0.382 e. The third kappa shape index (κ3) is 2.13. The van der Waals surface area contributed by atoms with Crippen molar-refractivity contribution in [3.63, 3.8) is 0 Å². The Labute approximate surface area is 124 Å². The van der Waals surface area contributed by atoms with Crippen LogP contribution in [0.1, 0.15) is 0 Å². The first-order valence-electron chi connectivity index (χ1n) is 6.00. The van der Waals surface area contributed by atoms with Gasteiger partial charge in [0.2, 0.25) is 0 Å². The van der Waals surface area contributed by atoms with E-state index in [-0.39, 0.29) is 6.54 Å². The molecule has 0 aliphatic rings. The summed E-state index contributed by atoms with van der Waals surface area (Å²) in [6, 6.07) is 1.71. The van der Waals surface area contributed by atoms with Crippen molar-refractivity contribution >= 4 is 39.8 Å². The van der Waals surface area contributed by atoms with E-state index in [1.54, 1.807) is 18.5 Å². The fourth-order valence-electron chi connectivity index (χ4n) is 2.21. The largest absolute Gasteiger partial charge is 0.382 e. The molecule has 3 N–H and O–H groups in total. The molecule has 0 radical (unpaired) electrons. The first-order chi connectivity index (χ1) is 9.72. The lowest BCUT2D eigenvalue weighted by molar-refractivity contribution is 0.513. The minimum atomic E-state index is -0.465. The summed E-state index contributed by atoms with van der Waals surface area (Å²) in [6.45, 7) is -0.254. The lowest BCUT2D eigenvalue weighted by atomic mass is 10.1. The van der Waals surface area contributed by atoms with Crippen molar-refractivity contribution in [1.82, 2.24) is 15.2 Å². The third-order valence-corrected chi connectivity index (χ3v) is 3.86. The molecule has 0 fully saturated rings. The van der Waals surface area contributed by atoms with Gasteiger partial charge in [-0.3, -0.25) is 5.10 Å². The number of anilines is 1. The van der Waals surface area contributed by atoms with Gasteiger partial charge >= 0.3 is 0 Å².